The summed E-state index contributed by atoms with van der Waals surface area (Å²) < 4.78 is 19.1. The van der Waals surface area contributed by atoms with Crippen LogP contribution < -0.4 is 0 Å². The van der Waals surface area contributed by atoms with Crippen molar-refractivity contribution in [1.29, 1.82) is 0 Å². The molecule has 0 atom stereocenters. The molecule has 3 aromatic heterocycles. The van der Waals surface area contributed by atoms with Gasteiger partial charge in [-0.3, -0.25) is 0 Å². The van der Waals surface area contributed by atoms with E-state index >= 15 is 0 Å². The van der Waals surface area contributed by atoms with Crippen LogP contribution in [-0.4, -0.2) is 0 Å². The van der Waals surface area contributed by atoms with Crippen molar-refractivity contribution in [3.63, 3.8) is 0 Å². The first kappa shape index (κ1) is 22.8. The Morgan fingerprint density at radius 1 is 0.349 bits per heavy atom. The lowest BCUT2D eigenvalue weighted by atomic mass is 9.84. The number of benzene rings is 7. The van der Waals surface area contributed by atoms with Crippen LogP contribution >= 0.6 is 0 Å². The molecule has 7 aromatic carbocycles. The van der Waals surface area contributed by atoms with Gasteiger partial charge in [0.15, 0.2) is 0 Å². The summed E-state index contributed by atoms with van der Waals surface area (Å²) in [5, 5.41) is 10.1. The maximum Gasteiger partial charge on any atom is 0.146 e. The van der Waals surface area contributed by atoms with Gasteiger partial charge in [0.2, 0.25) is 0 Å². The quantitative estimate of drug-likeness (QED) is 0.201. The highest BCUT2D eigenvalue weighted by atomic mass is 16.3. The second kappa shape index (κ2) is 8.37. The fraction of sp³-hybridized carbons (Fsp3) is 0. The van der Waals surface area contributed by atoms with Gasteiger partial charge >= 0.3 is 0 Å². The summed E-state index contributed by atoms with van der Waals surface area (Å²) in [6.45, 7) is 0. The molecule has 0 bridgehead atoms. The van der Waals surface area contributed by atoms with Crippen molar-refractivity contribution in [3.05, 3.63) is 134 Å². The average Bonchev–Trinajstić information content (AvgIpc) is 3.78. The number of rotatable bonds is 2. The van der Waals surface area contributed by atoms with Gasteiger partial charge in [-0.1, -0.05) is 103 Å². The molecule has 0 fully saturated rings. The van der Waals surface area contributed by atoms with Crippen molar-refractivity contribution >= 4 is 76.4 Å². The van der Waals surface area contributed by atoms with Crippen molar-refractivity contribution < 1.29 is 13.3 Å². The average molecular weight is 551 g/mol. The van der Waals surface area contributed by atoms with Gasteiger partial charge in [-0.2, -0.15) is 0 Å². The van der Waals surface area contributed by atoms with Crippen molar-refractivity contribution in [3.8, 4) is 22.3 Å². The zero-order valence-electron chi connectivity index (χ0n) is 22.9. The molecule has 3 nitrogen and oxygen atoms in total. The van der Waals surface area contributed by atoms with Gasteiger partial charge < -0.3 is 13.3 Å². The predicted molar refractivity (Wildman–Crippen MR) is 177 cm³/mol. The molecule has 0 aliphatic rings. The molecule has 200 valence electrons. The third-order valence-electron chi connectivity index (χ3n) is 8.96. The molecule has 10 rings (SSSR count). The molecule has 0 spiro atoms. The Balaban J connectivity index is 1.38. The summed E-state index contributed by atoms with van der Waals surface area (Å²) in [5.74, 6) is 0. The maximum absolute atomic E-state index is 6.55. The van der Waals surface area contributed by atoms with E-state index in [-0.39, 0.29) is 0 Å². The molecule has 10 aromatic rings. The second-order valence-electron chi connectivity index (χ2n) is 11.2. The highest BCUT2D eigenvalue weighted by Crippen LogP contribution is 2.49. The Labute approximate surface area is 245 Å². The van der Waals surface area contributed by atoms with Crippen molar-refractivity contribution in [2.75, 3.05) is 0 Å². The Morgan fingerprint density at radius 3 is 1.60 bits per heavy atom. The maximum atomic E-state index is 6.55. The van der Waals surface area contributed by atoms with E-state index in [0.717, 1.165) is 66.0 Å². The molecule has 0 aliphatic heterocycles. The van der Waals surface area contributed by atoms with Crippen molar-refractivity contribution in [2.45, 2.75) is 0 Å². The minimum atomic E-state index is 0.822. The minimum Gasteiger partial charge on any atom is -0.464 e. The molecule has 43 heavy (non-hydrogen) atoms. The first-order valence-electron chi connectivity index (χ1n) is 14.5. The lowest BCUT2D eigenvalue weighted by Gasteiger charge is -2.18. The van der Waals surface area contributed by atoms with Crippen LogP contribution in [0.4, 0.5) is 0 Å². The molecule has 3 heterocycles. The van der Waals surface area contributed by atoms with E-state index in [1.54, 1.807) is 6.26 Å². The van der Waals surface area contributed by atoms with Crippen LogP contribution in [-0.2, 0) is 0 Å². The summed E-state index contributed by atoms with van der Waals surface area (Å²) in [7, 11) is 0. The van der Waals surface area contributed by atoms with Gasteiger partial charge in [-0.15, -0.1) is 0 Å². The summed E-state index contributed by atoms with van der Waals surface area (Å²) >= 11 is 0. The van der Waals surface area contributed by atoms with Crippen LogP contribution in [0.3, 0.4) is 0 Å². The predicted octanol–water partition coefficient (Wildman–Crippen LogP) is 11.9. The third kappa shape index (κ3) is 3.03. The van der Waals surface area contributed by atoms with E-state index in [4.69, 9.17) is 13.3 Å². The third-order valence-corrected chi connectivity index (χ3v) is 8.96. The molecule has 0 saturated heterocycles. The van der Waals surface area contributed by atoms with E-state index in [2.05, 4.69) is 97.1 Å². The van der Waals surface area contributed by atoms with E-state index in [0.29, 0.717) is 0 Å². The topological polar surface area (TPSA) is 39.4 Å². The highest BCUT2D eigenvalue weighted by molar-refractivity contribution is 6.28. The van der Waals surface area contributed by atoms with Crippen molar-refractivity contribution in [1.82, 2.24) is 0 Å². The number of fused-ring (bicyclic) bond motifs is 10. The van der Waals surface area contributed by atoms with Gasteiger partial charge in [0.05, 0.1) is 11.6 Å². The number of para-hydroxylation sites is 3. The second-order valence-corrected chi connectivity index (χ2v) is 11.2. The normalized spacial score (nSPS) is 12.2. The Kier molecular flexibility index (Phi) is 4.45. The SMILES string of the molecule is c1ccc2c(c1)oc1c(-c3c4ccccc4c(-c4cc5oc6ccccc6c5c5occc45)c4ccccc34)cccc12. The van der Waals surface area contributed by atoms with Crippen LogP contribution in [0.1, 0.15) is 0 Å². The molecular formula is C40H22O3. The Bertz CT molecular complexity index is 2680. The largest absolute Gasteiger partial charge is 0.464 e. The summed E-state index contributed by atoms with van der Waals surface area (Å²) in [6, 6.07) is 44.6. The Hall–Kier alpha value is -5.80. The first-order chi connectivity index (χ1) is 21.3. The lowest BCUT2D eigenvalue weighted by Crippen LogP contribution is -1.91. The van der Waals surface area contributed by atoms with Gasteiger partial charge in [-0.25, -0.2) is 0 Å². The zero-order valence-corrected chi connectivity index (χ0v) is 22.9. The molecule has 0 aliphatic carbocycles. The van der Waals surface area contributed by atoms with E-state index < -0.39 is 0 Å². The fourth-order valence-corrected chi connectivity index (χ4v) is 7.18. The fourth-order valence-electron chi connectivity index (χ4n) is 7.18. The molecule has 0 N–H and O–H groups in total. The van der Waals surface area contributed by atoms with Gasteiger partial charge in [-0.05, 0) is 56.9 Å². The zero-order chi connectivity index (χ0) is 28.1. The van der Waals surface area contributed by atoms with Gasteiger partial charge in [0.25, 0.3) is 0 Å². The molecule has 0 amide bonds. The summed E-state index contributed by atoms with van der Waals surface area (Å²) in [5.41, 5.74) is 8.86. The van der Waals surface area contributed by atoms with Crippen LogP contribution in [0.2, 0.25) is 0 Å². The monoisotopic (exact) mass is 550 g/mol. The number of hydrogen-bond donors (Lipinski definition) is 0. The van der Waals surface area contributed by atoms with Crippen LogP contribution in [0, 0.1) is 0 Å². The first-order valence-corrected chi connectivity index (χ1v) is 14.5. The number of furan rings is 3. The standard InChI is InChI=1S/C40H22O3/c1-3-13-26-24(11-1)36(31-17-9-16-28-23-10-5-7-18-33(23)43-39(28)31)25-12-2-4-14-27(25)37(26)32-22-35-38(40-29(32)20-21-41-40)30-15-6-8-19-34(30)42-35/h1-22H. The molecule has 3 heteroatoms. The van der Waals surface area contributed by atoms with Gasteiger partial charge in [0, 0.05) is 32.7 Å². The summed E-state index contributed by atoms with van der Waals surface area (Å²) in [4.78, 5) is 0. The van der Waals surface area contributed by atoms with E-state index in [1.807, 2.05) is 30.3 Å². The molecular weight excluding hydrogens is 528 g/mol. The van der Waals surface area contributed by atoms with E-state index in [1.165, 1.54) is 32.7 Å². The molecule has 0 saturated carbocycles. The van der Waals surface area contributed by atoms with E-state index in [9.17, 15) is 0 Å². The van der Waals surface area contributed by atoms with Crippen LogP contribution in [0.5, 0.6) is 0 Å². The van der Waals surface area contributed by atoms with Gasteiger partial charge in [0.1, 0.15) is 27.9 Å². The molecule has 0 unspecified atom stereocenters. The van der Waals surface area contributed by atoms with Crippen LogP contribution in [0.25, 0.3) is 98.6 Å². The summed E-state index contributed by atoms with van der Waals surface area (Å²) in [6.07, 6.45) is 1.79. The minimum absolute atomic E-state index is 0.822. The van der Waals surface area contributed by atoms with Crippen molar-refractivity contribution in [2.24, 2.45) is 0 Å². The smallest absolute Gasteiger partial charge is 0.146 e. The highest BCUT2D eigenvalue weighted by Gasteiger charge is 2.23. The Morgan fingerprint density at radius 2 is 0.907 bits per heavy atom. The molecule has 0 radical (unpaired) electrons. The van der Waals surface area contributed by atoms with Crippen LogP contribution in [0.15, 0.2) is 147 Å². The lowest BCUT2D eigenvalue weighted by molar-refractivity contribution is 0.618. The number of hydrogen-bond acceptors (Lipinski definition) is 3.